The Morgan fingerprint density at radius 3 is 2.25 bits per heavy atom. The van der Waals surface area contributed by atoms with Crippen LogP contribution in [0.5, 0.6) is 0 Å². The second-order valence-corrected chi connectivity index (χ2v) is 3.78. The predicted molar refractivity (Wildman–Crippen MR) is 41.8 cm³/mol. The van der Waals surface area contributed by atoms with Crippen LogP contribution in [0, 0.1) is 0 Å². The topological polar surface area (TPSA) is 17.1 Å². The van der Waals surface area contributed by atoms with Gasteiger partial charge in [-0.05, 0) is 6.42 Å². The van der Waals surface area contributed by atoms with Crippen molar-refractivity contribution in [3.63, 3.8) is 0 Å². The molecule has 0 saturated heterocycles. The van der Waals surface area contributed by atoms with Gasteiger partial charge in [0.15, 0.2) is 0 Å². The molecule has 0 spiro atoms. The highest BCUT2D eigenvalue weighted by Crippen LogP contribution is 2.21. The van der Waals surface area contributed by atoms with E-state index in [0.717, 1.165) is 12.7 Å². The van der Waals surface area contributed by atoms with Crippen molar-refractivity contribution >= 4 is 38.1 Å². The van der Waals surface area contributed by atoms with E-state index >= 15 is 0 Å². The summed E-state index contributed by atoms with van der Waals surface area (Å²) in [7, 11) is 0. The van der Waals surface area contributed by atoms with Crippen molar-refractivity contribution in [3.8, 4) is 0 Å². The fraction of sp³-hybridized carbons (Fsp3) is 0.800. The molecule has 0 saturated carbocycles. The molecule has 8 heavy (non-hydrogen) atoms. The van der Waals surface area contributed by atoms with E-state index in [4.69, 9.17) is 0 Å². The summed E-state index contributed by atoms with van der Waals surface area (Å²) in [6, 6.07) is 0. The number of aldehydes is 1. The largest absolute Gasteiger partial charge is 0.302 e. The summed E-state index contributed by atoms with van der Waals surface area (Å²) in [4.78, 5) is 10.2. The zero-order valence-electron chi connectivity index (χ0n) is 4.66. The molecular formula is C5H8Br2O. The molecule has 1 nitrogen and oxygen atoms in total. The Kier molecular flexibility index (Phi) is 3.90. The maximum Gasteiger partial charge on any atom is 0.137 e. The van der Waals surface area contributed by atoms with Crippen molar-refractivity contribution < 1.29 is 4.79 Å². The van der Waals surface area contributed by atoms with Gasteiger partial charge in [-0.1, -0.05) is 38.8 Å². The highest BCUT2D eigenvalue weighted by molar-refractivity contribution is 9.12. The highest BCUT2D eigenvalue weighted by atomic mass is 79.9. The summed E-state index contributed by atoms with van der Waals surface area (Å²) in [5, 5.41) is 0.681. The van der Waals surface area contributed by atoms with Gasteiger partial charge in [0.25, 0.3) is 0 Å². The lowest BCUT2D eigenvalue weighted by molar-refractivity contribution is -0.109. The summed E-state index contributed by atoms with van der Waals surface area (Å²) in [6.45, 7) is 1.96. The van der Waals surface area contributed by atoms with E-state index in [0.29, 0.717) is 5.33 Å². The summed E-state index contributed by atoms with van der Waals surface area (Å²) in [5.41, 5.74) is 0. The molecule has 0 aliphatic heterocycles. The maximum absolute atomic E-state index is 10.2. The first-order valence-corrected chi connectivity index (χ1v) is 4.31. The first-order chi connectivity index (χ1) is 3.68. The predicted octanol–water partition coefficient (Wildman–Crippen LogP) is 2.12. The molecule has 0 aromatic rings. The summed E-state index contributed by atoms with van der Waals surface area (Å²) < 4.78 is -0.326. The molecule has 3 heteroatoms. The molecule has 0 aliphatic carbocycles. The van der Waals surface area contributed by atoms with Crippen molar-refractivity contribution in [1.29, 1.82) is 0 Å². The van der Waals surface area contributed by atoms with Crippen LogP contribution in [0.4, 0.5) is 0 Å². The Hall–Kier alpha value is 0.630. The molecule has 48 valence electrons. The van der Waals surface area contributed by atoms with Gasteiger partial charge in [-0.2, -0.15) is 0 Å². The quantitative estimate of drug-likeness (QED) is 0.548. The third-order valence-corrected chi connectivity index (χ3v) is 3.80. The number of carbonyl (C=O) groups excluding carboxylic acids is 1. The Labute approximate surface area is 66.1 Å². The van der Waals surface area contributed by atoms with Crippen LogP contribution in [-0.4, -0.2) is 15.9 Å². The lowest BCUT2D eigenvalue weighted by Crippen LogP contribution is -2.22. The summed E-state index contributed by atoms with van der Waals surface area (Å²) in [5.74, 6) is 0. The smallest absolute Gasteiger partial charge is 0.137 e. The second kappa shape index (κ2) is 3.62. The normalized spacial score (nSPS) is 17.4. The molecule has 0 radical (unpaired) electrons. The van der Waals surface area contributed by atoms with E-state index < -0.39 is 0 Å². The van der Waals surface area contributed by atoms with E-state index in [-0.39, 0.29) is 4.32 Å². The number of rotatable bonds is 3. The zero-order chi connectivity index (χ0) is 6.62. The van der Waals surface area contributed by atoms with Crippen LogP contribution in [0.2, 0.25) is 0 Å². The van der Waals surface area contributed by atoms with Crippen LogP contribution in [0.3, 0.4) is 0 Å². The second-order valence-electron chi connectivity index (χ2n) is 1.64. The lowest BCUT2D eigenvalue weighted by atomic mass is 10.1. The van der Waals surface area contributed by atoms with E-state index in [1.165, 1.54) is 0 Å². The first kappa shape index (κ1) is 8.63. The number of alkyl halides is 2. The Bertz CT molecular complexity index is 78.5. The van der Waals surface area contributed by atoms with Gasteiger partial charge in [0, 0.05) is 5.33 Å². The number of hydrogen-bond acceptors (Lipinski definition) is 1. The zero-order valence-corrected chi connectivity index (χ0v) is 7.83. The molecule has 0 aromatic heterocycles. The standard InChI is InChI=1S/C5H8Br2O/c1-2-5(7,3-6)4-8/h4H,2-3H2,1H3. The van der Waals surface area contributed by atoms with Crippen LogP contribution in [0.1, 0.15) is 13.3 Å². The molecule has 1 atom stereocenters. The van der Waals surface area contributed by atoms with Gasteiger partial charge in [-0.15, -0.1) is 0 Å². The van der Waals surface area contributed by atoms with Crippen molar-refractivity contribution in [1.82, 2.24) is 0 Å². The number of carbonyl (C=O) groups is 1. The molecule has 0 N–H and O–H groups in total. The third kappa shape index (κ3) is 2.27. The fourth-order valence-corrected chi connectivity index (χ4v) is 0.738. The monoisotopic (exact) mass is 242 g/mol. The molecule has 0 heterocycles. The number of hydrogen-bond donors (Lipinski definition) is 0. The van der Waals surface area contributed by atoms with Gasteiger partial charge in [-0.25, -0.2) is 0 Å². The Balaban J connectivity index is 3.76. The molecule has 0 fully saturated rings. The molecule has 0 rings (SSSR count). The molecule has 1 unspecified atom stereocenters. The van der Waals surface area contributed by atoms with E-state index in [2.05, 4.69) is 31.9 Å². The van der Waals surface area contributed by atoms with Gasteiger partial charge in [-0.3, -0.25) is 0 Å². The molecule has 0 aliphatic rings. The van der Waals surface area contributed by atoms with Crippen LogP contribution in [-0.2, 0) is 4.79 Å². The first-order valence-electron chi connectivity index (χ1n) is 2.39. The average Bonchev–Trinajstić information content (AvgIpc) is 1.87. The van der Waals surface area contributed by atoms with E-state index in [1.54, 1.807) is 0 Å². The summed E-state index contributed by atoms with van der Waals surface area (Å²) >= 11 is 6.48. The van der Waals surface area contributed by atoms with Gasteiger partial charge in [0.1, 0.15) is 6.29 Å². The van der Waals surface area contributed by atoms with Crippen molar-refractivity contribution in [2.75, 3.05) is 5.33 Å². The maximum atomic E-state index is 10.2. The Morgan fingerprint density at radius 2 is 2.25 bits per heavy atom. The van der Waals surface area contributed by atoms with Crippen molar-refractivity contribution in [3.05, 3.63) is 0 Å². The average molecular weight is 244 g/mol. The highest BCUT2D eigenvalue weighted by Gasteiger charge is 2.20. The molecule has 0 aromatic carbocycles. The lowest BCUT2D eigenvalue weighted by Gasteiger charge is -2.12. The van der Waals surface area contributed by atoms with Gasteiger partial charge >= 0.3 is 0 Å². The van der Waals surface area contributed by atoms with Crippen LogP contribution >= 0.6 is 31.9 Å². The van der Waals surface area contributed by atoms with Crippen LogP contribution < -0.4 is 0 Å². The minimum Gasteiger partial charge on any atom is -0.302 e. The molecular weight excluding hydrogens is 236 g/mol. The summed E-state index contributed by atoms with van der Waals surface area (Å²) in [6.07, 6.45) is 1.74. The van der Waals surface area contributed by atoms with Gasteiger partial charge < -0.3 is 4.79 Å². The molecule has 0 bridgehead atoms. The van der Waals surface area contributed by atoms with Crippen LogP contribution in [0.25, 0.3) is 0 Å². The third-order valence-electron chi connectivity index (χ3n) is 1.02. The SMILES string of the molecule is CCC(Br)(C=O)CBr. The van der Waals surface area contributed by atoms with E-state index in [1.807, 2.05) is 6.92 Å². The fourth-order valence-electron chi connectivity index (χ4n) is 0.209. The minimum atomic E-state index is -0.326. The van der Waals surface area contributed by atoms with E-state index in [9.17, 15) is 4.79 Å². The van der Waals surface area contributed by atoms with Gasteiger partial charge in [0.05, 0.1) is 4.32 Å². The van der Waals surface area contributed by atoms with Crippen molar-refractivity contribution in [2.24, 2.45) is 0 Å². The van der Waals surface area contributed by atoms with Crippen LogP contribution in [0.15, 0.2) is 0 Å². The van der Waals surface area contributed by atoms with Gasteiger partial charge in [0.2, 0.25) is 0 Å². The minimum absolute atomic E-state index is 0.326. The number of halogens is 2. The Morgan fingerprint density at radius 1 is 1.75 bits per heavy atom. The van der Waals surface area contributed by atoms with Crippen molar-refractivity contribution in [2.45, 2.75) is 17.7 Å². The molecule has 0 amide bonds.